The minimum absolute atomic E-state index is 0. The number of aliphatic carboxylic acids is 1. The van der Waals surface area contributed by atoms with E-state index in [0.717, 1.165) is 35.1 Å². The molecule has 1 aliphatic heterocycles. The molecule has 8 nitrogen and oxygen atoms in total. The van der Waals surface area contributed by atoms with E-state index in [1.54, 1.807) is 22.7 Å². The van der Waals surface area contributed by atoms with Gasteiger partial charge in [-0.3, -0.25) is 4.79 Å². The number of hydrogen-bond acceptors (Lipinski definition) is 6. The van der Waals surface area contributed by atoms with Crippen molar-refractivity contribution >= 4 is 48.6 Å². The molecule has 0 radical (unpaired) electrons. The number of carbonyl (C=O) groups is 3. The van der Waals surface area contributed by atoms with E-state index in [0.29, 0.717) is 44.0 Å². The fourth-order valence-electron chi connectivity index (χ4n) is 4.47. The minimum atomic E-state index is -1.03. The van der Waals surface area contributed by atoms with Crippen molar-refractivity contribution in [2.24, 2.45) is 0 Å². The van der Waals surface area contributed by atoms with E-state index in [-0.39, 0.29) is 31.0 Å². The average molecular weight is 536 g/mol. The van der Waals surface area contributed by atoms with Crippen LogP contribution in [0.2, 0.25) is 0 Å². The molecule has 1 fully saturated rings. The fourth-order valence-corrected chi connectivity index (χ4v) is 4.94. The molecule has 0 unspecified atom stereocenters. The van der Waals surface area contributed by atoms with E-state index in [4.69, 9.17) is 4.74 Å². The van der Waals surface area contributed by atoms with Crippen LogP contribution in [0.25, 0.3) is 11.1 Å². The Labute approximate surface area is 241 Å². The molecule has 1 saturated heterocycles. The summed E-state index contributed by atoms with van der Waals surface area (Å²) < 4.78 is 5.10. The molecule has 202 valence electrons. The first kappa shape index (κ1) is 31.8. The Bertz CT molecular complexity index is 1090. The van der Waals surface area contributed by atoms with Crippen LogP contribution >= 0.6 is 11.8 Å². The van der Waals surface area contributed by atoms with Gasteiger partial charge in [0.25, 0.3) is 5.91 Å². The molecule has 1 aliphatic rings. The summed E-state index contributed by atoms with van der Waals surface area (Å²) in [5.41, 5.74) is 4.23. The zero-order valence-electron chi connectivity index (χ0n) is 21.8. The number of carboxylic acids is 1. The second kappa shape index (κ2) is 15.8. The monoisotopic (exact) mass is 535 g/mol. The van der Waals surface area contributed by atoms with Gasteiger partial charge in [-0.05, 0) is 79.5 Å². The van der Waals surface area contributed by atoms with Crippen LogP contribution in [0.1, 0.15) is 47.7 Å². The first-order valence-electron chi connectivity index (χ1n) is 12.7. The van der Waals surface area contributed by atoms with Crippen LogP contribution < -0.4 is 10.6 Å². The van der Waals surface area contributed by atoms with Gasteiger partial charge in [-0.15, -0.1) is 0 Å². The van der Waals surface area contributed by atoms with Gasteiger partial charge in [0.15, 0.2) is 0 Å². The molecule has 38 heavy (non-hydrogen) atoms. The van der Waals surface area contributed by atoms with Gasteiger partial charge in [0, 0.05) is 31.2 Å². The Morgan fingerprint density at radius 1 is 1.13 bits per heavy atom. The van der Waals surface area contributed by atoms with Crippen LogP contribution in [0.3, 0.4) is 0 Å². The molecular formula is C28H38LiN3O5S. The summed E-state index contributed by atoms with van der Waals surface area (Å²) in [6, 6.07) is 12.9. The van der Waals surface area contributed by atoms with Crippen molar-refractivity contribution < 1.29 is 24.2 Å². The number of amides is 2. The van der Waals surface area contributed by atoms with Crippen LogP contribution in [0, 0.1) is 6.92 Å². The number of hydrogen-bond donors (Lipinski definition) is 3. The number of carboxylic acid groups (broad SMARTS) is 1. The van der Waals surface area contributed by atoms with Crippen molar-refractivity contribution in [3.63, 3.8) is 0 Å². The van der Waals surface area contributed by atoms with Crippen molar-refractivity contribution in [2.75, 3.05) is 31.7 Å². The zero-order chi connectivity index (χ0) is 26.8. The molecule has 0 spiro atoms. The molecule has 10 heteroatoms. The van der Waals surface area contributed by atoms with Gasteiger partial charge >= 0.3 is 30.9 Å². The normalized spacial score (nSPS) is 14.3. The molecule has 1 heterocycles. The predicted octanol–water partition coefficient (Wildman–Crippen LogP) is 3.66. The predicted molar refractivity (Wildman–Crippen MR) is 154 cm³/mol. The number of rotatable bonds is 11. The number of ether oxygens (including phenoxy) is 1. The second-order valence-electron chi connectivity index (χ2n) is 9.18. The van der Waals surface area contributed by atoms with Gasteiger partial charge in [-0.2, -0.15) is 11.8 Å². The Balaban J connectivity index is 0.00000507. The first-order valence-corrected chi connectivity index (χ1v) is 14.1. The number of aryl methyl sites for hydroxylation is 1. The molecule has 3 N–H and O–H groups in total. The molecule has 0 bridgehead atoms. The van der Waals surface area contributed by atoms with E-state index in [2.05, 4.69) is 10.6 Å². The number of carbonyl (C=O) groups excluding carboxylic acids is 2. The third-order valence-corrected chi connectivity index (χ3v) is 7.24. The van der Waals surface area contributed by atoms with Crippen LogP contribution in [-0.4, -0.2) is 90.6 Å². The second-order valence-corrected chi connectivity index (χ2v) is 10.2. The van der Waals surface area contributed by atoms with Crippen molar-refractivity contribution in [1.82, 2.24) is 15.5 Å². The molecule has 0 aromatic heterocycles. The number of benzene rings is 2. The first-order chi connectivity index (χ1) is 17.8. The van der Waals surface area contributed by atoms with Crippen LogP contribution in [-0.2, 0) is 16.1 Å². The van der Waals surface area contributed by atoms with Gasteiger partial charge in [0.05, 0.1) is 6.61 Å². The summed E-state index contributed by atoms with van der Waals surface area (Å²) in [5, 5.41) is 15.9. The van der Waals surface area contributed by atoms with E-state index in [1.807, 2.05) is 56.5 Å². The molecule has 0 saturated carbocycles. The molecule has 1 atom stereocenters. The van der Waals surface area contributed by atoms with Crippen molar-refractivity contribution in [3.8, 4) is 11.1 Å². The van der Waals surface area contributed by atoms with E-state index >= 15 is 0 Å². The third-order valence-electron chi connectivity index (χ3n) is 6.59. The molecule has 0 aliphatic carbocycles. The summed E-state index contributed by atoms with van der Waals surface area (Å²) in [5.74, 6) is -0.780. The number of piperidine rings is 1. The molecule has 2 aromatic rings. The number of thioether (sulfide) groups is 1. The van der Waals surface area contributed by atoms with Gasteiger partial charge in [0.2, 0.25) is 0 Å². The summed E-state index contributed by atoms with van der Waals surface area (Å²) >= 11 is 1.55. The van der Waals surface area contributed by atoms with Crippen LogP contribution in [0.4, 0.5) is 4.79 Å². The van der Waals surface area contributed by atoms with E-state index < -0.39 is 17.9 Å². The van der Waals surface area contributed by atoms with Crippen molar-refractivity contribution in [2.45, 2.75) is 51.7 Å². The topological polar surface area (TPSA) is 108 Å². The van der Waals surface area contributed by atoms with E-state index in [1.165, 1.54) is 0 Å². The number of nitrogens with zero attached hydrogens (tertiary/aromatic N) is 1. The van der Waals surface area contributed by atoms with Crippen LogP contribution in [0.5, 0.6) is 0 Å². The Morgan fingerprint density at radius 3 is 2.47 bits per heavy atom. The van der Waals surface area contributed by atoms with E-state index in [9.17, 15) is 19.5 Å². The summed E-state index contributed by atoms with van der Waals surface area (Å²) in [7, 11) is 0. The van der Waals surface area contributed by atoms with Gasteiger partial charge < -0.3 is 25.4 Å². The van der Waals surface area contributed by atoms with Gasteiger partial charge in [-0.1, -0.05) is 30.3 Å². The quantitative estimate of drug-likeness (QED) is 0.377. The molecule has 2 amide bonds. The van der Waals surface area contributed by atoms with Crippen molar-refractivity contribution in [1.29, 1.82) is 0 Å². The summed E-state index contributed by atoms with van der Waals surface area (Å²) in [6.07, 6.45) is 3.70. The maximum atomic E-state index is 13.2. The summed E-state index contributed by atoms with van der Waals surface area (Å²) in [6.45, 7) is 6.12. The Kier molecular flexibility index (Phi) is 13.2. The standard InChI is InChI=1S/C28H37N3O5S.Li.H/c1-4-36-28(35)31-14-11-21(12-15-31)29-18-20-9-10-23(24(17-20)22-8-6-5-7-19(22)2)26(32)30-25(27(33)34)13-16-37-3;;/h5-10,17,21,25,29H,4,11-16,18H2,1-3H3,(H,30,32)(H,33,34);;/t25-;;/m0../s1. The molecular weight excluding hydrogens is 497 g/mol. The molecule has 3 rings (SSSR count). The van der Waals surface area contributed by atoms with Crippen molar-refractivity contribution in [3.05, 3.63) is 59.2 Å². The Morgan fingerprint density at radius 2 is 1.84 bits per heavy atom. The number of likely N-dealkylation sites (tertiary alicyclic amines) is 1. The van der Waals surface area contributed by atoms with Gasteiger partial charge in [0.1, 0.15) is 6.04 Å². The summed E-state index contributed by atoms with van der Waals surface area (Å²) in [4.78, 5) is 38.6. The van der Waals surface area contributed by atoms with Crippen LogP contribution in [0.15, 0.2) is 42.5 Å². The molecule has 2 aromatic carbocycles. The maximum absolute atomic E-state index is 13.2. The fraction of sp³-hybridized carbons (Fsp3) is 0.464. The average Bonchev–Trinajstić information content (AvgIpc) is 2.90. The number of nitrogens with one attached hydrogen (secondary N) is 2. The Hall–Kier alpha value is -2.44. The SMILES string of the molecule is CCOC(=O)N1CCC(NCc2ccc(C(=O)N[C@@H](CCSC)C(=O)O)c(-c3ccccc3C)c2)CC1.[LiH]. The zero-order valence-corrected chi connectivity index (χ0v) is 22.6. The third kappa shape index (κ3) is 8.81. The van der Waals surface area contributed by atoms with Gasteiger partial charge in [-0.25, -0.2) is 9.59 Å².